The number of aliphatic hydroxyl groups is 1. The van der Waals surface area contributed by atoms with Crippen LogP contribution in [0, 0.1) is 5.92 Å². The summed E-state index contributed by atoms with van der Waals surface area (Å²) in [6, 6.07) is 0. The van der Waals surface area contributed by atoms with E-state index in [1.165, 1.54) is 0 Å². The molecule has 0 aromatic rings. The van der Waals surface area contributed by atoms with Gasteiger partial charge in [-0.2, -0.15) is 0 Å². The first-order valence-electron chi connectivity index (χ1n) is 7.45. The molecule has 0 spiro atoms. The zero-order valence-electron chi connectivity index (χ0n) is 13.3. The number of guanidine groups is 1. The van der Waals surface area contributed by atoms with Gasteiger partial charge in [0.05, 0.1) is 25.9 Å². The van der Waals surface area contributed by atoms with Crippen LogP contribution < -0.4 is 10.6 Å². The zero-order valence-corrected chi connectivity index (χ0v) is 13.3. The number of rotatable bonds is 11. The number of aliphatic imine (C=N–C) groups is 1. The van der Waals surface area contributed by atoms with Gasteiger partial charge in [0.1, 0.15) is 0 Å². The molecule has 120 valence electrons. The number of nitrogens with one attached hydrogen (secondary N) is 2. The number of nitrogens with zero attached hydrogens (tertiary/aromatic N) is 1. The Morgan fingerprint density at radius 3 is 2.50 bits per heavy atom. The first-order chi connectivity index (χ1) is 9.60. The third-order valence-electron chi connectivity index (χ3n) is 2.31. The van der Waals surface area contributed by atoms with Gasteiger partial charge in [0.2, 0.25) is 0 Å². The molecule has 20 heavy (non-hydrogen) atoms. The third kappa shape index (κ3) is 12.2. The highest BCUT2D eigenvalue weighted by Crippen LogP contribution is 1.94. The summed E-state index contributed by atoms with van der Waals surface area (Å²) >= 11 is 0. The van der Waals surface area contributed by atoms with E-state index in [-0.39, 0.29) is 0 Å². The summed E-state index contributed by atoms with van der Waals surface area (Å²) in [6.07, 6.45) is -0.573. The number of hydrogen-bond donors (Lipinski definition) is 3. The standard InChI is InChI=1S/C14H31N3O3/c1-5-15-14(16-7-8-19-6-2)17-9-13(18)11-20-10-12(3)4/h12-13,18H,5-11H2,1-4H3,(H2,15,16,17). The van der Waals surface area contributed by atoms with Gasteiger partial charge in [0, 0.05) is 26.3 Å². The molecule has 0 bridgehead atoms. The second-order valence-electron chi connectivity index (χ2n) is 4.93. The van der Waals surface area contributed by atoms with Gasteiger partial charge in [-0.15, -0.1) is 0 Å². The third-order valence-corrected chi connectivity index (χ3v) is 2.31. The second-order valence-corrected chi connectivity index (χ2v) is 4.93. The van der Waals surface area contributed by atoms with Crippen LogP contribution in [0.5, 0.6) is 0 Å². The predicted octanol–water partition coefficient (Wildman–Crippen LogP) is 0.612. The van der Waals surface area contributed by atoms with Crippen molar-refractivity contribution < 1.29 is 14.6 Å². The van der Waals surface area contributed by atoms with E-state index in [0.29, 0.717) is 51.4 Å². The fourth-order valence-corrected chi connectivity index (χ4v) is 1.42. The summed E-state index contributed by atoms with van der Waals surface area (Å²) in [7, 11) is 0. The monoisotopic (exact) mass is 289 g/mol. The van der Waals surface area contributed by atoms with Gasteiger partial charge < -0.3 is 25.2 Å². The quantitative estimate of drug-likeness (QED) is 0.295. The number of hydrogen-bond acceptors (Lipinski definition) is 4. The SMILES string of the molecule is CCNC(=NCC(O)COCC(C)C)NCCOCC. The predicted molar refractivity (Wildman–Crippen MR) is 82.1 cm³/mol. The van der Waals surface area contributed by atoms with Crippen molar-refractivity contribution in [3.63, 3.8) is 0 Å². The lowest BCUT2D eigenvalue weighted by atomic mass is 10.2. The molecule has 3 N–H and O–H groups in total. The Kier molecular flexibility index (Phi) is 12.6. The van der Waals surface area contributed by atoms with Crippen molar-refractivity contribution in [3.8, 4) is 0 Å². The largest absolute Gasteiger partial charge is 0.389 e. The Balaban J connectivity index is 3.92. The lowest BCUT2D eigenvalue weighted by Gasteiger charge is -2.14. The first-order valence-corrected chi connectivity index (χ1v) is 7.45. The summed E-state index contributed by atoms with van der Waals surface area (Å²) in [5.41, 5.74) is 0. The van der Waals surface area contributed by atoms with Crippen molar-refractivity contribution in [2.24, 2.45) is 10.9 Å². The van der Waals surface area contributed by atoms with Crippen molar-refractivity contribution in [2.45, 2.75) is 33.8 Å². The molecule has 0 aromatic heterocycles. The van der Waals surface area contributed by atoms with E-state index in [2.05, 4.69) is 29.5 Å². The van der Waals surface area contributed by atoms with Gasteiger partial charge in [-0.05, 0) is 19.8 Å². The van der Waals surface area contributed by atoms with Gasteiger partial charge in [0.15, 0.2) is 5.96 Å². The molecule has 0 rings (SSSR count). The average Bonchev–Trinajstić information content (AvgIpc) is 2.40. The van der Waals surface area contributed by atoms with E-state index in [0.717, 1.165) is 6.54 Å². The number of aliphatic hydroxyl groups excluding tert-OH is 1. The molecule has 1 unspecified atom stereocenters. The topological polar surface area (TPSA) is 75.1 Å². The highest BCUT2D eigenvalue weighted by atomic mass is 16.5. The minimum atomic E-state index is -0.573. The van der Waals surface area contributed by atoms with Crippen molar-refractivity contribution in [1.82, 2.24) is 10.6 Å². The van der Waals surface area contributed by atoms with Crippen LogP contribution in [-0.4, -0.2) is 63.2 Å². The van der Waals surface area contributed by atoms with E-state index in [9.17, 15) is 5.11 Å². The second kappa shape index (κ2) is 13.1. The normalized spacial score (nSPS) is 13.6. The van der Waals surface area contributed by atoms with Crippen LogP contribution >= 0.6 is 0 Å². The highest BCUT2D eigenvalue weighted by molar-refractivity contribution is 5.79. The molecule has 1 atom stereocenters. The van der Waals surface area contributed by atoms with Crippen LogP contribution in [-0.2, 0) is 9.47 Å². The Morgan fingerprint density at radius 1 is 1.15 bits per heavy atom. The molecule has 0 amide bonds. The summed E-state index contributed by atoms with van der Waals surface area (Å²) in [5, 5.41) is 16.0. The smallest absolute Gasteiger partial charge is 0.191 e. The summed E-state index contributed by atoms with van der Waals surface area (Å²) < 4.78 is 10.6. The van der Waals surface area contributed by atoms with Crippen molar-refractivity contribution >= 4 is 5.96 Å². The molecule has 0 saturated carbocycles. The number of ether oxygens (including phenoxy) is 2. The lowest BCUT2D eigenvalue weighted by molar-refractivity contribution is 0.0301. The van der Waals surface area contributed by atoms with E-state index < -0.39 is 6.10 Å². The summed E-state index contributed by atoms with van der Waals surface area (Å²) in [4.78, 5) is 4.32. The van der Waals surface area contributed by atoms with Gasteiger partial charge in [-0.1, -0.05) is 13.8 Å². The molecule has 0 radical (unpaired) electrons. The minimum absolute atomic E-state index is 0.319. The highest BCUT2D eigenvalue weighted by Gasteiger charge is 2.05. The summed E-state index contributed by atoms with van der Waals surface area (Å²) in [5.74, 6) is 1.17. The van der Waals surface area contributed by atoms with Crippen LogP contribution in [0.2, 0.25) is 0 Å². The van der Waals surface area contributed by atoms with Gasteiger partial charge in [-0.3, -0.25) is 4.99 Å². The molecule has 0 aromatic carbocycles. The fourth-order valence-electron chi connectivity index (χ4n) is 1.42. The van der Waals surface area contributed by atoms with E-state index in [1.54, 1.807) is 0 Å². The van der Waals surface area contributed by atoms with Crippen LogP contribution in [0.1, 0.15) is 27.7 Å². The Labute approximate surface area is 122 Å². The van der Waals surface area contributed by atoms with Gasteiger partial charge >= 0.3 is 0 Å². The van der Waals surface area contributed by atoms with Crippen molar-refractivity contribution in [1.29, 1.82) is 0 Å². The molecular formula is C14H31N3O3. The maximum Gasteiger partial charge on any atom is 0.191 e. The summed E-state index contributed by atoms with van der Waals surface area (Å²) in [6.45, 7) is 12.2. The Hall–Kier alpha value is -0.850. The molecule has 0 fully saturated rings. The maximum atomic E-state index is 9.78. The maximum absolute atomic E-state index is 9.78. The van der Waals surface area contributed by atoms with Gasteiger partial charge in [-0.25, -0.2) is 0 Å². The first kappa shape index (κ1) is 19.1. The Bertz CT molecular complexity index is 248. The fraction of sp³-hybridized carbons (Fsp3) is 0.929. The van der Waals surface area contributed by atoms with Crippen molar-refractivity contribution in [2.75, 3.05) is 46.1 Å². The molecule has 0 aliphatic heterocycles. The van der Waals surface area contributed by atoms with E-state index in [1.807, 2.05) is 13.8 Å². The van der Waals surface area contributed by atoms with E-state index >= 15 is 0 Å². The zero-order chi connectivity index (χ0) is 15.2. The van der Waals surface area contributed by atoms with Crippen LogP contribution in [0.15, 0.2) is 4.99 Å². The van der Waals surface area contributed by atoms with Crippen LogP contribution in [0.25, 0.3) is 0 Å². The molecule has 6 nitrogen and oxygen atoms in total. The molecule has 6 heteroatoms. The molecular weight excluding hydrogens is 258 g/mol. The van der Waals surface area contributed by atoms with Crippen molar-refractivity contribution in [3.05, 3.63) is 0 Å². The average molecular weight is 289 g/mol. The molecule has 0 aliphatic rings. The molecule has 0 saturated heterocycles. The molecule has 0 heterocycles. The lowest BCUT2D eigenvalue weighted by Crippen LogP contribution is -2.39. The van der Waals surface area contributed by atoms with Crippen LogP contribution in [0.4, 0.5) is 0 Å². The van der Waals surface area contributed by atoms with Gasteiger partial charge in [0.25, 0.3) is 0 Å². The minimum Gasteiger partial charge on any atom is -0.389 e. The van der Waals surface area contributed by atoms with E-state index in [4.69, 9.17) is 9.47 Å². The Morgan fingerprint density at radius 2 is 1.90 bits per heavy atom. The van der Waals surface area contributed by atoms with Crippen LogP contribution in [0.3, 0.4) is 0 Å². The molecule has 0 aliphatic carbocycles.